The summed E-state index contributed by atoms with van der Waals surface area (Å²) in [5.74, 6) is -0.640. The number of aromatic nitrogens is 1. The summed E-state index contributed by atoms with van der Waals surface area (Å²) in [4.78, 5) is 28.9. The van der Waals surface area contributed by atoms with Crippen molar-refractivity contribution in [3.05, 3.63) is 57.4 Å². The number of carbonyl (C=O) groups is 2. The van der Waals surface area contributed by atoms with E-state index in [9.17, 15) is 9.59 Å². The summed E-state index contributed by atoms with van der Waals surface area (Å²) in [6.07, 6.45) is 0.233. The quantitative estimate of drug-likeness (QED) is 0.671. The largest absolute Gasteiger partial charge is 0.369 e. The number of thiazole rings is 1. The number of benzene rings is 1. The molecule has 0 bridgehead atoms. The molecule has 0 radical (unpaired) electrons. The first-order valence-corrected chi connectivity index (χ1v) is 9.45. The standard InChI is InChI=1S/C17H14ClN3O2S2/c18-14-6-5-13(25-14)17-20-11(9-24-17)8-16(23)21-12-4-2-1-3-10(12)7-15(19)22/h1-6,9H,7-8H2,(H2,19,22)(H,21,23). The van der Waals surface area contributed by atoms with Crippen molar-refractivity contribution < 1.29 is 9.59 Å². The molecule has 0 aliphatic rings. The zero-order valence-electron chi connectivity index (χ0n) is 13.0. The van der Waals surface area contributed by atoms with Crippen LogP contribution in [0.3, 0.4) is 0 Å². The van der Waals surface area contributed by atoms with Gasteiger partial charge in [0.2, 0.25) is 11.8 Å². The van der Waals surface area contributed by atoms with E-state index in [1.54, 1.807) is 24.3 Å². The first-order chi connectivity index (χ1) is 12.0. The minimum Gasteiger partial charge on any atom is -0.369 e. The average molecular weight is 392 g/mol. The fraction of sp³-hybridized carbons (Fsp3) is 0.118. The molecule has 3 rings (SSSR count). The Balaban J connectivity index is 1.67. The molecular weight excluding hydrogens is 378 g/mol. The zero-order chi connectivity index (χ0) is 17.8. The lowest BCUT2D eigenvalue weighted by Gasteiger charge is -2.09. The zero-order valence-corrected chi connectivity index (χ0v) is 15.4. The van der Waals surface area contributed by atoms with Gasteiger partial charge in [-0.1, -0.05) is 29.8 Å². The van der Waals surface area contributed by atoms with E-state index in [4.69, 9.17) is 17.3 Å². The average Bonchev–Trinajstić information content (AvgIpc) is 3.17. The van der Waals surface area contributed by atoms with Crippen LogP contribution in [0.15, 0.2) is 41.8 Å². The molecule has 2 amide bonds. The summed E-state index contributed by atoms with van der Waals surface area (Å²) in [5.41, 5.74) is 7.21. The molecule has 2 heterocycles. The molecule has 0 unspecified atom stereocenters. The van der Waals surface area contributed by atoms with Gasteiger partial charge in [-0.2, -0.15) is 0 Å². The highest BCUT2D eigenvalue weighted by Gasteiger charge is 2.12. The van der Waals surface area contributed by atoms with Crippen LogP contribution >= 0.6 is 34.3 Å². The van der Waals surface area contributed by atoms with Crippen molar-refractivity contribution in [2.75, 3.05) is 5.32 Å². The van der Waals surface area contributed by atoms with Crippen molar-refractivity contribution in [3.63, 3.8) is 0 Å². The topological polar surface area (TPSA) is 85.1 Å². The number of amides is 2. The van der Waals surface area contributed by atoms with Gasteiger partial charge in [-0.3, -0.25) is 9.59 Å². The Bertz CT molecular complexity index is 920. The molecule has 3 N–H and O–H groups in total. The lowest BCUT2D eigenvalue weighted by molar-refractivity contribution is -0.117. The Hall–Kier alpha value is -2.22. The number of hydrogen-bond donors (Lipinski definition) is 2. The number of rotatable bonds is 6. The van der Waals surface area contributed by atoms with Crippen LogP contribution in [0.1, 0.15) is 11.3 Å². The number of nitrogens with zero attached hydrogens (tertiary/aromatic N) is 1. The van der Waals surface area contributed by atoms with Crippen molar-refractivity contribution in [1.82, 2.24) is 4.98 Å². The Morgan fingerprint density at radius 3 is 2.68 bits per heavy atom. The van der Waals surface area contributed by atoms with E-state index < -0.39 is 5.91 Å². The van der Waals surface area contributed by atoms with Gasteiger partial charge in [-0.05, 0) is 23.8 Å². The minimum absolute atomic E-state index is 0.0798. The molecule has 0 saturated heterocycles. The van der Waals surface area contributed by atoms with Gasteiger partial charge in [-0.15, -0.1) is 22.7 Å². The highest BCUT2D eigenvalue weighted by atomic mass is 35.5. The second kappa shape index (κ2) is 7.77. The van der Waals surface area contributed by atoms with Crippen molar-refractivity contribution in [2.24, 2.45) is 5.73 Å². The number of nitrogens with one attached hydrogen (secondary N) is 1. The normalized spacial score (nSPS) is 10.6. The number of hydrogen-bond acceptors (Lipinski definition) is 5. The predicted molar refractivity (Wildman–Crippen MR) is 102 cm³/mol. The maximum atomic E-state index is 12.3. The van der Waals surface area contributed by atoms with E-state index in [2.05, 4.69) is 10.3 Å². The Morgan fingerprint density at radius 1 is 1.16 bits per heavy atom. The third-order valence-corrected chi connectivity index (χ3v) is 5.63. The van der Waals surface area contributed by atoms with Crippen LogP contribution in [0.4, 0.5) is 5.69 Å². The van der Waals surface area contributed by atoms with Gasteiger partial charge in [0.1, 0.15) is 5.01 Å². The van der Waals surface area contributed by atoms with Gasteiger partial charge in [0.15, 0.2) is 0 Å². The summed E-state index contributed by atoms with van der Waals surface area (Å²) < 4.78 is 0.704. The number of carbonyl (C=O) groups excluding carboxylic acids is 2. The summed E-state index contributed by atoms with van der Waals surface area (Å²) in [6.45, 7) is 0. The van der Waals surface area contributed by atoms with Crippen molar-refractivity contribution >= 4 is 51.8 Å². The molecule has 0 spiro atoms. The Morgan fingerprint density at radius 2 is 1.96 bits per heavy atom. The lowest BCUT2D eigenvalue weighted by Crippen LogP contribution is -2.18. The van der Waals surface area contributed by atoms with Crippen LogP contribution in [-0.2, 0) is 22.4 Å². The summed E-state index contributed by atoms with van der Waals surface area (Å²) >= 11 is 8.87. The molecule has 0 aliphatic heterocycles. The van der Waals surface area contributed by atoms with Crippen LogP contribution in [-0.4, -0.2) is 16.8 Å². The minimum atomic E-state index is -0.444. The molecule has 0 atom stereocenters. The number of thiophene rings is 1. The first kappa shape index (κ1) is 17.6. The predicted octanol–water partition coefficient (Wildman–Crippen LogP) is 3.73. The van der Waals surface area contributed by atoms with E-state index in [0.717, 1.165) is 9.88 Å². The molecule has 0 aliphatic carbocycles. The molecule has 0 saturated carbocycles. The molecule has 1 aromatic carbocycles. The van der Waals surface area contributed by atoms with Crippen LogP contribution < -0.4 is 11.1 Å². The van der Waals surface area contributed by atoms with Gasteiger partial charge < -0.3 is 11.1 Å². The first-order valence-electron chi connectivity index (χ1n) is 7.37. The van der Waals surface area contributed by atoms with Crippen molar-refractivity contribution in [2.45, 2.75) is 12.8 Å². The lowest BCUT2D eigenvalue weighted by atomic mass is 10.1. The van der Waals surface area contributed by atoms with Crippen LogP contribution in [0.5, 0.6) is 0 Å². The smallest absolute Gasteiger partial charge is 0.230 e. The van der Waals surface area contributed by atoms with Crippen LogP contribution in [0, 0.1) is 0 Å². The maximum Gasteiger partial charge on any atom is 0.230 e. The molecule has 2 aromatic heterocycles. The van der Waals surface area contributed by atoms with E-state index in [1.165, 1.54) is 22.7 Å². The highest BCUT2D eigenvalue weighted by molar-refractivity contribution is 7.23. The van der Waals surface area contributed by atoms with E-state index in [-0.39, 0.29) is 18.7 Å². The van der Waals surface area contributed by atoms with Crippen LogP contribution in [0.2, 0.25) is 4.34 Å². The van der Waals surface area contributed by atoms with E-state index in [0.29, 0.717) is 21.3 Å². The van der Waals surface area contributed by atoms with Gasteiger partial charge in [0, 0.05) is 11.1 Å². The Labute approximate surface area is 157 Å². The number of para-hydroxylation sites is 1. The fourth-order valence-corrected chi connectivity index (χ4v) is 4.21. The number of anilines is 1. The van der Waals surface area contributed by atoms with E-state index >= 15 is 0 Å². The Kier molecular flexibility index (Phi) is 5.47. The molecule has 5 nitrogen and oxygen atoms in total. The third-order valence-electron chi connectivity index (χ3n) is 3.33. The second-order valence-electron chi connectivity index (χ2n) is 5.27. The summed E-state index contributed by atoms with van der Waals surface area (Å²) in [6, 6.07) is 10.8. The molecular formula is C17H14ClN3O2S2. The van der Waals surface area contributed by atoms with Gasteiger partial charge in [-0.25, -0.2) is 4.98 Å². The molecule has 128 valence electrons. The SMILES string of the molecule is NC(=O)Cc1ccccc1NC(=O)Cc1csc(-c2ccc(Cl)s2)n1. The van der Waals surface area contributed by atoms with Gasteiger partial charge in [0.05, 0.1) is 27.7 Å². The monoisotopic (exact) mass is 391 g/mol. The fourth-order valence-electron chi connectivity index (χ4n) is 2.27. The van der Waals surface area contributed by atoms with Gasteiger partial charge >= 0.3 is 0 Å². The van der Waals surface area contributed by atoms with Crippen LogP contribution in [0.25, 0.3) is 9.88 Å². The van der Waals surface area contributed by atoms with E-state index in [1.807, 2.05) is 17.5 Å². The molecule has 25 heavy (non-hydrogen) atoms. The van der Waals surface area contributed by atoms with Crippen molar-refractivity contribution in [3.8, 4) is 9.88 Å². The number of nitrogens with two attached hydrogens (primary N) is 1. The highest BCUT2D eigenvalue weighted by Crippen LogP contribution is 2.33. The maximum absolute atomic E-state index is 12.3. The number of primary amides is 1. The summed E-state index contributed by atoms with van der Waals surface area (Å²) in [5, 5.41) is 5.52. The second-order valence-corrected chi connectivity index (χ2v) is 7.85. The molecule has 0 fully saturated rings. The summed E-state index contributed by atoms with van der Waals surface area (Å²) in [7, 11) is 0. The molecule has 8 heteroatoms. The van der Waals surface area contributed by atoms with Crippen molar-refractivity contribution in [1.29, 1.82) is 0 Å². The third kappa shape index (κ3) is 4.66. The number of halogens is 1. The molecule has 3 aromatic rings. The van der Waals surface area contributed by atoms with Gasteiger partial charge in [0.25, 0.3) is 0 Å².